The highest BCUT2D eigenvalue weighted by atomic mass is 16.5. The van der Waals surface area contributed by atoms with Crippen LogP contribution in [0.1, 0.15) is 37.0 Å². The van der Waals surface area contributed by atoms with E-state index in [9.17, 15) is 0 Å². The Balaban J connectivity index is 1.37. The summed E-state index contributed by atoms with van der Waals surface area (Å²) in [4.78, 5) is 2.53. The number of hydrogen-bond acceptors (Lipinski definition) is 4. The molecular formula is C15H22N2O2. The fraction of sp³-hybridized carbons (Fsp3) is 0.733. The fourth-order valence-corrected chi connectivity index (χ4v) is 3.26. The van der Waals surface area contributed by atoms with Gasteiger partial charge >= 0.3 is 0 Å². The van der Waals surface area contributed by atoms with Crippen LogP contribution in [-0.2, 0) is 17.8 Å². The lowest BCUT2D eigenvalue weighted by Gasteiger charge is -2.31. The van der Waals surface area contributed by atoms with Gasteiger partial charge in [-0.25, -0.2) is 0 Å². The minimum absolute atomic E-state index is 0.471. The summed E-state index contributed by atoms with van der Waals surface area (Å²) in [6.07, 6.45) is 7.89. The Morgan fingerprint density at radius 1 is 1.16 bits per heavy atom. The van der Waals surface area contributed by atoms with Crippen LogP contribution in [0.3, 0.4) is 0 Å². The van der Waals surface area contributed by atoms with Crippen molar-refractivity contribution in [2.45, 2.75) is 57.0 Å². The molecule has 4 rings (SSSR count). The fourth-order valence-electron chi connectivity index (χ4n) is 3.26. The van der Waals surface area contributed by atoms with Crippen LogP contribution in [0.4, 0.5) is 0 Å². The minimum Gasteiger partial charge on any atom is -0.468 e. The molecular weight excluding hydrogens is 240 g/mol. The molecule has 1 aliphatic carbocycles. The van der Waals surface area contributed by atoms with E-state index in [1.807, 2.05) is 6.26 Å². The maximum Gasteiger partial charge on any atom is 0.122 e. The van der Waals surface area contributed by atoms with Gasteiger partial charge in [-0.2, -0.15) is 0 Å². The summed E-state index contributed by atoms with van der Waals surface area (Å²) in [5.41, 5.74) is 1.34. The Morgan fingerprint density at radius 2 is 1.95 bits per heavy atom. The third kappa shape index (κ3) is 2.71. The van der Waals surface area contributed by atoms with Gasteiger partial charge in [0.25, 0.3) is 0 Å². The Kier molecular flexibility index (Phi) is 3.10. The summed E-state index contributed by atoms with van der Waals surface area (Å²) in [5.74, 6) is 1.12. The number of likely N-dealkylation sites (tertiary alicyclic amines) is 1. The van der Waals surface area contributed by atoms with Crippen LogP contribution >= 0.6 is 0 Å². The van der Waals surface area contributed by atoms with Gasteiger partial charge in [0.05, 0.1) is 25.0 Å². The molecule has 4 nitrogen and oxygen atoms in total. The second kappa shape index (κ2) is 4.93. The molecule has 4 heteroatoms. The van der Waals surface area contributed by atoms with Gasteiger partial charge in [0, 0.05) is 31.2 Å². The number of ether oxygens (including phenoxy) is 1. The second-order valence-electron chi connectivity index (χ2n) is 6.18. The summed E-state index contributed by atoms with van der Waals surface area (Å²) in [5, 5.41) is 3.53. The van der Waals surface area contributed by atoms with E-state index in [2.05, 4.69) is 16.3 Å². The molecule has 2 aliphatic heterocycles. The number of fused-ring (bicyclic) bond motifs is 2. The van der Waals surface area contributed by atoms with Crippen molar-refractivity contribution in [1.29, 1.82) is 0 Å². The monoisotopic (exact) mass is 262 g/mol. The molecule has 0 amide bonds. The van der Waals surface area contributed by atoms with E-state index < -0.39 is 0 Å². The molecule has 19 heavy (non-hydrogen) atoms. The lowest BCUT2D eigenvalue weighted by Crippen LogP contribution is -2.42. The van der Waals surface area contributed by atoms with Gasteiger partial charge in [-0.1, -0.05) is 0 Å². The first-order chi connectivity index (χ1) is 9.37. The average Bonchev–Trinajstić information content (AvgIpc) is 3.05. The molecule has 3 fully saturated rings. The van der Waals surface area contributed by atoms with Crippen LogP contribution in [0.2, 0.25) is 0 Å². The summed E-state index contributed by atoms with van der Waals surface area (Å²) < 4.78 is 11.5. The molecule has 1 saturated carbocycles. The van der Waals surface area contributed by atoms with Gasteiger partial charge in [-0.15, -0.1) is 0 Å². The van der Waals surface area contributed by atoms with Gasteiger partial charge in [-0.05, 0) is 31.7 Å². The van der Waals surface area contributed by atoms with E-state index in [4.69, 9.17) is 9.15 Å². The largest absolute Gasteiger partial charge is 0.468 e. The van der Waals surface area contributed by atoms with Crippen molar-refractivity contribution in [1.82, 2.24) is 10.2 Å². The Morgan fingerprint density at radius 3 is 2.68 bits per heavy atom. The summed E-state index contributed by atoms with van der Waals surface area (Å²) >= 11 is 0. The summed E-state index contributed by atoms with van der Waals surface area (Å²) in [7, 11) is 0. The lowest BCUT2D eigenvalue weighted by molar-refractivity contribution is -0.0411. The molecule has 2 atom stereocenters. The van der Waals surface area contributed by atoms with Gasteiger partial charge < -0.3 is 14.5 Å². The molecule has 2 saturated heterocycles. The SMILES string of the molecule is c1cc(CN2CC3CCC(C2)O3)c(CNC2CC2)o1. The first kappa shape index (κ1) is 11.9. The third-order valence-electron chi connectivity index (χ3n) is 4.48. The van der Waals surface area contributed by atoms with Crippen molar-refractivity contribution in [2.24, 2.45) is 0 Å². The normalized spacial score (nSPS) is 30.9. The number of rotatable bonds is 5. The van der Waals surface area contributed by atoms with Crippen LogP contribution in [0.25, 0.3) is 0 Å². The minimum atomic E-state index is 0.471. The molecule has 1 aromatic heterocycles. The molecule has 0 radical (unpaired) electrons. The number of nitrogens with one attached hydrogen (secondary N) is 1. The van der Waals surface area contributed by atoms with E-state index >= 15 is 0 Å². The molecule has 0 aromatic carbocycles. The van der Waals surface area contributed by atoms with Crippen LogP contribution in [0, 0.1) is 0 Å². The average molecular weight is 262 g/mol. The van der Waals surface area contributed by atoms with E-state index in [0.717, 1.165) is 38.0 Å². The van der Waals surface area contributed by atoms with Crippen molar-refractivity contribution in [2.75, 3.05) is 13.1 Å². The van der Waals surface area contributed by atoms with Crippen LogP contribution in [0.15, 0.2) is 16.7 Å². The summed E-state index contributed by atoms with van der Waals surface area (Å²) in [6, 6.07) is 2.86. The topological polar surface area (TPSA) is 37.6 Å². The van der Waals surface area contributed by atoms with Crippen molar-refractivity contribution in [3.8, 4) is 0 Å². The molecule has 104 valence electrons. The van der Waals surface area contributed by atoms with Crippen LogP contribution in [0.5, 0.6) is 0 Å². The van der Waals surface area contributed by atoms with Crippen molar-refractivity contribution in [3.63, 3.8) is 0 Å². The van der Waals surface area contributed by atoms with Crippen molar-refractivity contribution < 1.29 is 9.15 Å². The molecule has 1 N–H and O–H groups in total. The lowest BCUT2D eigenvalue weighted by atomic mass is 10.2. The quantitative estimate of drug-likeness (QED) is 0.879. The molecule has 1 aromatic rings. The molecule has 3 heterocycles. The standard InChI is InChI=1S/C15H22N2O2/c1-2-12(1)16-7-15-11(5-6-18-15)8-17-9-13-3-4-14(10-17)19-13/h5-6,12-14,16H,1-4,7-10H2. The molecule has 2 unspecified atom stereocenters. The highest BCUT2D eigenvalue weighted by Gasteiger charge is 2.33. The first-order valence-electron chi connectivity index (χ1n) is 7.53. The highest BCUT2D eigenvalue weighted by Crippen LogP contribution is 2.28. The van der Waals surface area contributed by atoms with E-state index in [0.29, 0.717) is 12.2 Å². The maximum absolute atomic E-state index is 5.89. The zero-order valence-corrected chi connectivity index (χ0v) is 11.3. The second-order valence-corrected chi connectivity index (χ2v) is 6.18. The number of hydrogen-bond donors (Lipinski definition) is 1. The van der Waals surface area contributed by atoms with E-state index in [1.165, 1.54) is 31.2 Å². The Bertz CT molecular complexity index is 429. The number of nitrogens with zero attached hydrogens (tertiary/aromatic N) is 1. The summed E-state index contributed by atoms with van der Waals surface area (Å²) in [6.45, 7) is 4.05. The maximum atomic E-state index is 5.89. The van der Waals surface area contributed by atoms with E-state index in [1.54, 1.807) is 0 Å². The Labute approximate surface area is 114 Å². The Hall–Kier alpha value is -0.840. The molecule has 2 bridgehead atoms. The predicted octanol–water partition coefficient (Wildman–Crippen LogP) is 1.89. The molecule has 3 aliphatic rings. The van der Waals surface area contributed by atoms with Crippen LogP contribution in [-0.4, -0.2) is 36.2 Å². The van der Waals surface area contributed by atoms with Gasteiger partial charge in [-0.3, -0.25) is 4.90 Å². The van der Waals surface area contributed by atoms with E-state index in [-0.39, 0.29) is 0 Å². The molecule has 0 spiro atoms. The van der Waals surface area contributed by atoms with Gasteiger partial charge in [0.2, 0.25) is 0 Å². The van der Waals surface area contributed by atoms with Gasteiger partial charge in [0.1, 0.15) is 5.76 Å². The predicted molar refractivity (Wildman–Crippen MR) is 71.7 cm³/mol. The smallest absolute Gasteiger partial charge is 0.122 e. The zero-order valence-electron chi connectivity index (χ0n) is 11.3. The highest BCUT2D eigenvalue weighted by molar-refractivity contribution is 5.17. The number of furan rings is 1. The van der Waals surface area contributed by atoms with Crippen LogP contribution < -0.4 is 5.32 Å². The zero-order chi connectivity index (χ0) is 12.7. The number of morpholine rings is 1. The first-order valence-corrected chi connectivity index (χ1v) is 7.53. The van der Waals surface area contributed by atoms with Crippen molar-refractivity contribution >= 4 is 0 Å². The third-order valence-corrected chi connectivity index (χ3v) is 4.48. The van der Waals surface area contributed by atoms with Gasteiger partial charge in [0.15, 0.2) is 0 Å². The van der Waals surface area contributed by atoms with Crippen molar-refractivity contribution in [3.05, 3.63) is 23.7 Å².